The summed E-state index contributed by atoms with van der Waals surface area (Å²) in [4.78, 5) is 18.2. The van der Waals surface area contributed by atoms with Crippen molar-refractivity contribution in [3.63, 3.8) is 0 Å². The van der Waals surface area contributed by atoms with E-state index in [2.05, 4.69) is 30.1 Å². The van der Waals surface area contributed by atoms with Gasteiger partial charge < -0.3 is 19.7 Å². The van der Waals surface area contributed by atoms with Crippen LogP contribution in [-0.4, -0.2) is 73.7 Å². The standard InChI is InChI=1S/C26H31FN6O2/c1-17-12-19-4-5-21(25(27)20(19)13-17)35-26-30-23(29-22-14-18(2)16-28-22)15-24(31-26)33-8-6-32(7-9-33)10-11-34-3/h4-5,13-15H,6-12,16H2,1-3H3,(H,28,29,30,31). The SMILES string of the molecule is COCCN1CCN(c2cc(NC3=NCC(C)=C3)nc(Oc3ccc4c(c3F)C=C(C)C4)n2)CC1. The lowest BCUT2D eigenvalue weighted by Gasteiger charge is -2.35. The number of methoxy groups -OCH3 is 1. The summed E-state index contributed by atoms with van der Waals surface area (Å²) in [5, 5.41) is 3.26. The lowest BCUT2D eigenvalue weighted by molar-refractivity contribution is 0.144. The fourth-order valence-electron chi connectivity index (χ4n) is 4.55. The zero-order valence-corrected chi connectivity index (χ0v) is 20.5. The molecular weight excluding hydrogens is 447 g/mol. The lowest BCUT2D eigenvalue weighted by Crippen LogP contribution is -2.47. The average Bonchev–Trinajstić information content (AvgIpc) is 3.44. The van der Waals surface area contributed by atoms with Crippen molar-refractivity contribution < 1.29 is 13.9 Å². The molecule has 9 heteroatoms. The molecule has 0 bridgehead atoms. The number of hydrogen-bond donors (Lipinski definition) is 1. The number of allylic oxidation sites excluding steroid dienone is 1. The number of amidine groups is 1. The molecule has 184 valence electrons. The van der Waals surface area contributed by atoms with Gasteiger partial charge in [0, 0.05) is 51.5 Å². The van der Waals surface area contributed by atoms with Gasteiger partial charge in [-0.3, -0.25) is 9.89 Å². The van der Waals surface area contributed by atoms with Gasteiger partial charge in [-0.2, -0.15) is 9.97 Å². The number of benzene rings is 1. The van der Waals surface area contributed by atoms with Crippen LogP contribution in [0, 0.1) is 5.82 Å². The Kier molecular flexibility index (Phi) is 6.79. The minimum absolute atomic E-state index is 0.101. The summed E-state index contributed by atoms with van der Waals surface area (Å²) in [6, 6.07) is 5.56. The Balaban J connectivity index is 1.40. The molecule has 1 fully saturated rings. The molecular formula is C26H31FN6O2. The van der Waals surface area contributed by atoms with Crippen molar-refractivity contribution in [2.24, 2.45) is 4.99 Å². The van der Waals surface area contributed by atoms with E-state index in [1.54, 1.807) is 13.2 Å². The highest BCUT2D eigenvalue weighted by Crippen LogP contribution is 2.34. The number of hydrogen-bond acceptors (Lipinski definition) is 8. The van der Waals surface area contributed by atoms with Gasteiger partial charge in [0.2, 0.25) is 0 Å². The summed E-state index contributed by atoms with van der Waals surface area (Å²) in [5.74, 6) is 1.78. The van der Waals surface area contributed by atoms with Gasteiger partial charge >= 0.3 is 6.01 Å². The van der Waals surface area contributed by atoms with Gasteiger partial charge in [-0.05, 0) is 43.5 Å². The normalized spacial score (nSPS) is 17.7. The van der Waals surface area contributed by atoms with E-state index in [0.29, 0.717) is 17.9 Å². The number of nitrogens with zero attached hydrogens (tertiary/aromatic N) is 5. The number of halogens is 1. The van der Waals surface area contributed by atoms with Gasteiger partial charge in [0.1, 0.15) is 17.5 Å². The summed E-state index contributed by atoms with van der Waals surface area (Å²) in [6.07, 6.45) is 4.63. The van der Waals surface area contributed by atoms with Gasteiger partial charge in [0.25, 0.3) is 0 Å². The third kappa shape index (κ3) is 5.36. The predicted octanol–water partition coefficient (Wildman–Crippen LogP) is 3.91. The van der Waals surface area contributed by atoms with Crippen LogP contribution in [-0.2, 0) is 11.2 Å². The van der Waals surface area contributed by atoms with Gasteiger partial charge in [0.15, 0.2) is 11.6 Å². The molecule has 35 heavy (non-hydrogen) atoms. The van der Waals surface area contributed by atoms with Crippen LogP contribution in [0.2, 0.25) is 0 Å². The van der Waals surface area contributed by atoms with Crippen LogP contribution < -0.4 is 15.0 Å². The molecule has 8 nitrogen and oxygen atoms in total. The van der Waals surface area contributed by atoms with Crippen LogP contribution in [0.4, 0.5) is 16.0 Å². The van der Waals surface area contributed by atoms with Crippen molar-refractivity contribution >= 4 is 23.5 Å². The number of anilines is 2. The molecule has 1 aromatic carbocycles. The van der Waals surface area contributed by atoms with Gasteiger partial charge in [-0.25, -0.2) is 4.39 Å². The van der Waals surface area contributed by atoms with Crippen LogP contribution in [0.1, 0.15) is 25.0 Å². The number of ether oxygens (including phenoxy) is 2. The summed E-state index contributed by atoms with van der Waals surface area (Å²) >= 11 is 0. The third-order valence-electron chi connectivity index (χ3n) is 6.43. The smallest absolute Gasteiger partial charge is 0.326 e. The van der Waals surface area contributed by atoms with E-state index in [9.17, 15) is 0 Å². The highest BCUT2D eigenvalue weighted by molar-refractivity contribution is 6.05. The summed E-state index contributed by atoms with van der Waals surface area (Å²) in [5.41, 5.74) is 3.86. The quantitative estimate of drug-likeness (QED) is 0.647. The average molecular weight is 479 g/mol. The predicted molar refractivity (Wildman–Crippen MR) is 136 cm³/mol. The molecule has 0 saturated carbocycles. The highest BCUT2D eigenvalue weighted by Gasteiger charge is 2.22. The topological polar surface area (TPSA) is 75.1 Å². The Labute approximate surface area is 205 Å². The Hall–Kier alpha value is -3.30. The second kappa shape index (κ2) is 10.1. The van der Waals surface area contributed by atoms with E-state index >= 15 is 4.39 Å². The summed E-state index contributed by atoms with van der Waals surface area (Å²) in [6.45, 7) is 9.78. The van der Waals surface area contributed by atoms with E-state index < -0.39 is 0 Å². The van der Waals surface area contributed by atoms with Gasteiger partial charge in [-0.1, -0.05) is 17.7 Å². The monoisotopic (exact) mass is 478 g/mol. The molecule has 3 heterocycles. The molecule has 1 aliphatic carbocycles. The number of rotatable bonds is 7. The molecule has 1 aromatic heterocycles. The number of fused-ring (bicyclic) bond motifs is 1. The largest absolute Gasteiger partial charge is 0.421 e. The first kappa shape index (κ1) is 23.4. The van der Waals surface area contributed by atoms with Crippen molar-refractivity contribution in [1.82, 2.24) is 14.9 Å². The summed E-state index contributed by atoms with van der Waals surface area (Å²) in [7, 11) is 1.72. The summed E-state index contributed by atoms with van der Waals surface area (Å²) < 4.78 is 26.3. The van der Waals surface area contributed by atoms with E-state index in [1.807, 2.05) is 38.1 Å². The van der Waals surface area contributed by atoms with Crippen molar-refractivity contribution in [3.05, 3.63) is 52.4 Å². The van der Waals surface area contributed by atoms with Crippen LogP contribution in [0.15, 0.2) is 40.4 Å². The number of aromatic nitrogens is 2. The number of piperazine rings is 1. The second-order valence-corrected chi connectivity index (χ2v) is 9.25. The molecule has 0 spiro atoms. The minimum atomic E-state index is -0.381. The first-order chi connectivity index (χ1) is 17.0. The Bertz CT molecular complexity index is 1200. The third-order valence-corrected chi connectivity index (χ3v) is 6.43. The van der Waals surface area contributed by atoms with Crippen LogP contribution >= 0.6 is 0 Å². The van der Waals surface area contributed by atoms with Crippen molar-refractivity contribution in [1.29, 1.82) is 0 Å². The number of nitrogens with one attached hydrogen (secondary N) is 1. The van der Waals surface area contributed by atoms with Crippen LogP contribution in [0.25, 0.3) is 6.08 Å². The second-order valence-electron chi connectivity index (χ2n) is 9.25. The minimum Gasteiger partial charge on any atom is -0.421 e. The molecule has 1 saturated heterocycles. The zero-order chi connectivity index (χ0) is 24.4. The Morgan fingerprint density at radius 1 is 1.06 bits per heavy atom. The van der Waals surface area contributed by atoms with E-state index in [4.69, 9.17) is 9.47 Å². The van der Waals surface area contributed by atoms with Crippen molar-refractivity contribution in [2.75, 3.05) is 63.2 Å². The molecule has 3 aliphatic rings. The molecule has 5 rings (SSSR count). The Morgan fingerprint density at radius 3 is 2.63 bits per heavy atom. The first-order valence-electron chi connectivity index (χ1n) is 12.0. The maximum atomic E-state index is 15.2. The maximum absolute atomic E-state index is 15.2. The first-order valence-corrected chi connectivity index (χ1v) is 12.0. The molecule has 0 unspecified atom stereocenters. The molecule has 0 atom stereocenters. The van der Waals surface area contributed by atoms with Gasteiger partial charge in [-0.15, -0.1) is 0 Å². The van der Waals surface area contributed by atoms with Crippen molar-refractivity contribution in [3.8, 4) is 11.8 Å². The molecule has 0 amide bonds. The molecule has 2 aromatic rings. The number of aliphatic imine (C=N–C) groups is 1. The van der Waals surface area contributed by atoms with Gasteiger partial charge in [0.05, 0.1) is 13.2 Å². The lowest BCUT2D eigenvalue weighted by atomic mass is 10.1. The van der Waals surface area contributed by atoms with Crippen LogP contribution in [0.3, 0.4) is 0 Å². The molecule has 1 N–H and O–H groups in total. The maximum Gasteiger partial charge on any atom is 0.326 e. The van der Waals surface area contributed by atoms with E-state index in [-0.39, 0.29) is 17.6 Å². The fourth-order valence-corrected chi connectivity index (χ4v) is 4.55. The fraction of sp³-hybridized carbons (Fsp3) is 0.423. The van der Waals surface area contributed by atoms with Crippen LogP contribution in [0.5, 0.6) is 11.8 Å². The molecule has 0 radical (unpaired) electrons. The molecule has 2 aliphatic heterocycles. The highest BCUT2D eigenvalue weighted by atomic mass is 19.1. The van der Waals surface area contributed by atoms with Crippen molar-refractivity contribution in [2.45, 2.75) is 20.3 Å². The Morgan fingerprint density at radius 2 is 1.89 bits per heavy atom. The zero-order valence-electron chi connectivity index (χ0n) is 20.5. The van der Waals surface area contributed by atoms with E-state index in [1.165, 1.54) is 5.57 Å². The van der Waals surface area contributed by atoms with E-state index in [0.717, 1.165) is 68.5 Å².